The van der Waals surface area contributed by atoms with Gasteiger partial charge in [0.25, 0.3) is 0 Å². The van der Waals surface area contributed by atoms with E-state index in [1.165, 1.54) is 7.11 Å². The van der Waals surface area contributed by atoms with Gasteiger partial charge in [-0.15, -0.1) is 0 Å². The Morgan fingerprint density at radius 2 is 1.97 bits per heavy atom. The van der Waals surface area contributed by atoms with Crippen LogP contribution in [0.25, 0.3) is 10.9 Å². The van der Waals surface area contributed by atoms with Gasteiger partial charge in [0, 0.05) is 18.4 Å². The summed E-state index contributed by atoms with van der Waals surface area (Å²) in [4.78, 5) is 30.9. The lowest BCUT2D eigenvalue weighted by Gasteiger charge is -2.35. The minimum absolute atomic E-state index is 0.0135. The Labute approximate surface area is 212 Å². The number of fused-ring (bicyclic) bond motifs is 1. The van der Waals surface area contributed by atoms with Crippen LogP contribution in [0.4, 0.5) is 13.2 Å². The fourth-order valence-corrected chi connectivity index (χ4v) is 4.68. The summed E-state index contributed by atoms with van der Waals surface area (Å²) in [6.07, 6.45) is 1.79. The maximum atomic E-state index is 14.6. The van der Waals surface area contributed by atoms with Crippen molar-refractivity contribution in [2.75, 3.05) is 26.7 Å². The quantitative estimate of drug-likeness (QED) is 0.367. The van der Waals surface area contributed by atoms with Crippen molar-refractivity contribution in [1.82, 2.24) is 9.88 Å². The molecule has 1 N–H and O–H groups in total. The van der Waals surface area contributed by atoms with Crippen molar-refractivity contribution < 1.29 is 32.6 Å². The number of ether oxygens (including phenoxy) is 1. The molecular weight excluding hydrogens is 485 g/mol. The lowest BCUT2D eigenvalue weighted by molar-refractivity contribution is -0.146. The lowest BCUT2D eigenvalue weighted by atomic mass is 9.81. The molecule has 0 bridgehead atoms. The fraction of sp³-hybridized carbons (Fsp3) is 0.321. The molecule has 3 aromatic rings. The van der Waals surface area contributed by atoms with Crippen LogP contribution < -0.4 is 4.74 Å². The van der Waals surface area contributed by atoms with Gasteiger partial charge in [-0.3, -0.25) is 19.5 Å². The van der Waals surface area contributed by atoms with Crippen molar-refractivity contribution in [3.63, 3.8) is 0 Å². The Balaban J connectivity index is 1.42. The monoisotopic (exact) mass is 510 g/mol. The Bertz CT molecular complexity index is 1400. The van der Waals surface area contributed by atoms with Crippen LogP contribution in [-0.4, -0.2) is 53.5 Å². The highest BCUT2D eigenvalue weighted by atomic mass is 19.1. The van der Waals surface area contributed by atoms with Crippen molar-refractivity contribution in [2.24, 2.45) is 11.8 Å². The van der Waals surface area contributed by atoms with E-state index in [2.05, 4.69) is 16.8 Å². The van der Waals surface area contributed by atoms with Crippen LogP contribution in [0.2, 0.25) is 0 Å². The normalized spacial score (nSPS) is 17.7. The van der Waals surface area contributed by atoms with Gasteiger partial charge in [-0.1, -0.05) is 11.8 Å². The van der Waals surface area contributed by atoms with E-state index in [1.807, 2.05) is 4.90 Å². The van der Waals surface area contributed by atoms with Gasteiger partial charge in [0.15, 0.2) is 11.6 Å². The van der Waals surface area contributed by atoms with Crippen molar-refractivity contribution >= 4 is 22.7 Å². The number of carbonyl (C=O) groups is 2. The number of hydrogen-bond acceptors (Lipinski definition) is 5. The number of hydrogen-bond donors (Lipinski definition) is 1. The first-order chi connectivity index (χ1) is 17.8. The van der Waals surface area contributed by atoms with Crippen LogP contribution >= 0.6 is 0 Å². The number of piperidine rings is 1. The number of aliphatic carboxylic acids is 1. The van der Waals surface area contributed by atoms with Gasteiger partial charge in [0.2, 0.25) is 0 Å². The fourth-order valence-electron chi connectivity index (χ4n) is 4.68. The van der Waals surface area contributed by atoms with Crippen LogP contribution in [0, 0.1) is 41.1 Å². The predicted octanol–water partition coefficient (Wildman–Crippen LogP) is 4.70. The molecule has 2 heterocycles. The molecule has 9 heteroatoms. The first-order valence-corrected chi connectivity index (χ1v) is 11.8. The minimum atomic E-state index is -0.989. The van der Waals surface area contributed by atoms with Gasteiger partial charge >= 0.3 is 5.97 Å². The van der Waals surface area contributed by atoms with Gasteiger partial charge in [-0.2, -0.15) is 0 Å². The smallest absolute Gasteiger partial charge is 0.308 e. The Kier molecular flexibility index (Phi) is 8.09. The topological polar surface area (TPSA) is 79.7 Å². The standard InChI is InChI=1S/C28H25F3N2O4/c1-37-20-6-8-25-21(14-20)27(24(31)15-32-25)26(34)9-4-17-10-12-33(16-22(17)28(35)36)11-2-3-18-13-19(29)5-7-23(18)30/h5-8,13-15,17,22H,4,9-12,16H2,1H3,(H,35,36). The average molecular weight is 511 g/mol. The van der Waals surface area contributed by atoms with Crippen molar-refractivity contribution in [3.05, 3.63) is 71.2 Å². The third kappa shape index (κ3) is 6.09. The van der Waals surface area contributed by atoms with Crippen LogP contribution in [0.5, 0.6) is 5.75 Å². The summed E-state index contributed by atoms with van der Waals surface area (Å²) in [6.45, 7) is 0.937. The second-order valence-electron chi connectivity index (χ2n) is 8.98. The van der Waals surface area contributed by atoms with E-state index in [1.54, 1.807) is 18.2 Å². The van der Waals surface area contributed by atoms with E-state index in [0.717, 1.165) is 24.4 Å². The molecule has 2 aromatic carbocycles. The average Bonchev–Trinajstić information content (AvgIpc) is 2.89. The van der Waals surface area contributed by atoms with E-state index < -0.39 is 35.1 Å². The van der Waals surface area contributed by atoms with Crippen LogP contribution in [0.15, 0.2) is 42.6 Å². The Morgan fingerprint density at radius 1 is 1.16 bits per heavy atom. The molecule has 6 nitrogen and oxygen atoms in total. The molecule has 0 aliphatic carbocycles. The van der Waals surface area contributed by atoms with E-state index in [-0.39, 0.29) is 43.0 Å². The van der Waals surface area contributed by atoms with E-state index in [4.69, 9.17) is 4.74 Å². The number of methoxy groups -OCH3 is 1. The number of carbonyl (C=O) groups excluding carboxylic acids is 1. The molecule has 1 aliphatic heterocycles. The van der Waals surface area contributed by atoms with E-state index in [9.17, 15) is 27.9 Å². The summed E-state index contributed by atoms with van der Waals surface area (Å²) in [6, 6.07) is 7.90. The zero-order valence-corrected chi connectivity index (χ0v) is 20.1. The maximum absolute atomic E-state index is 14.6. The van der Waals surface area contributed by atoms with Crippen molar-refractivity contribution in [2.45, 2.75) is 19.3 Å². The number of rotatable bonds is 7. The number of ketones is 1. The Morgan fingerprint density at radius 3 is 2.73 bits per heavy atom. The third-order valence-electron chi connectivity index (χ3n) is 6.66. The van der Waals surface area contributed by atoms with Crippen molar-refractivity contribution in [1.29, 1.82) is 0 Å². The highest BCUT2D eigenvalue weighted by Crippen LogP contribution is 2.31. The summed E-state index contributed by atoms with van der Waals surface area (Å²) < 4.78 is 46.9. The largest absolute Gasteiger partial charge is 0.497 e. The maximum Gasteiger partial charge on any atom is 0.308 e. The number of Topliss-reactive ketones (excluding diaryl/α,β-unsaturated/α-hetero) is 1. The molecule has 1 aliphatic rings. The van der Waals surface area contributed by atoms with Gasteiger partial charge in [0.1, 0.15) is 17.4 Å². The number of aromatic nitrogens is 1. The first kappa shape index (κ1) is 26.2. The minimum Gasteiger partial charge on any atom is -0.497 e. The van der Waals surface area contributed by atoms with Gasteiger partial charge in [-0.05, 0) is 61.7 Å². The van der Waals surface area contributed by atoms with E-state index >= 15 is 0 Å². The summed E-state index contributed by atoms with van der Waals surface area (Å²) >= 11 is 0. The van der Waals surface area contributed by atoms with Crippen LogP contribution in [-0.2, 0) is 4.79 Å². The van der Waals surface area contributed by atoms with Gasteiger partial charge < -0.3 is 9.84 Å². The SMILES string of the molecule is COc1ccc2ncc(F)c(C(=O)CCC3CCN(CC#Cc4cc(F)ccc4F)CC3C(=O)O)c2c1. The predicted molar refractivity (Wildman–Crippen MR) is 131 cm³/mol. The second-order valence-corrected chi connectivity index (χ2v) is 8.98. The molecule has 37 heavy (non-hydrogen) atoms. The lowest BCUT2D eigenvalue weighted by Crippen LogP contribution is -2.44. The zero-order chi connectivity index (χ0) is 26.5. The summed E-state index contributed by atoms with van der Waals surface area (Å²) in [5, 5.41) is 10.2. The number of pyridine rings is 1. The molecule has 1 fully saturated rings. The molecule has 1 aromatic heterocycles. The number of nitrogens with zero attached hydrogens (tertiary/aromatic N) is 2. The highest BCUT2D eigenvalue weighted by Gasteiger charge is 2.34. The molecular formula is C28H25F3N2O4. The number of carboxylic acids is 1. The van der Waals surface area contributed by atoms with Gasteiger partial charge in [0.05, 0.1) is 42.4 Å². The van der Waals surface area contributed by atoms with Gasteiger partial charge in [-0.25, -0.2) is 13.2 Å². The first-order valence-electron chi connectivity index (χ1n) is 11.8. The second kappa shape index (κ2) is 11.4. The number of carboxylic acid groups (broad SMARTS) is 1. The molecule has 1 saturated heterocycles. The highest BCUT2D eigenvalue weighted by molar-refractivity contribution is 6.07. The molecule has 2 unspecified atom stereocenters. The molecule has 0 amide bonds. The summed E-state index contributed by atoms with van der Waals surface area (Å²) in [7, 11) is 1.47. The molecule has 4 rings (SSSR count). The molecule has 2 atom stereocenters. The van der Waals surface area contributed by atoms with E-state index in [0.29, 0.717) is 29.6 Å². The zero-order valence-electron chi connectivity index (χ0n) is 20.1. The molecule has 192 valence electrons. The van der Waals surface area contributed by atoms with Crippen molar-refractivity contribution in [3.8, 4) is 17.6 Å². The molecule has 0 saturated carbocycles. The molecule has 0 spiro atoms. The number of halogens is 3. The summed E-state index contributed by atoms with van der Waals surface area (Å²) in [5.41, 5.74) is 0.325. The third-order valence-corrected chi connectivity index (χ3v) is 6.66. The number of likely N-dealkylation sites (tertiary alicyclic amines) is 1. The van der Waals surface area contributed by atoms with Crippen LogP contribution in [0.1, 0.15) is 35.2 Å². The Hall–Kier alpha value is -3.90. The summed E-state index contributed by atoms with van der Waals surface area (Å²) in [5.74, 6) is 1.46. The van der Waals surface area contributed by atoms with Crippen LogP contribution in [0.3, 0.4) is 0 Å². The number of benzene rings is 2. The molecule has 0 radical (unpaired) electrons.